The largest absolute Gasteiger partial charge is 0.478 e. The average Bonchev–Trinajstić information content (AvgIpc) is 2.70. The molecule has 5 heteroatoms. The molecule has 0 spiro atoms. The van der Waals surface area contributed by atoms with E-state index in [-0.39, 0.29) is 18.2 Å². The molecular formula is C12H16N2O3. The van der Waals surface area contributed by atoms with E-state index in [1.807, 2.05) is 4.90 Å². The van der Waals surface area contributed by atoms with Gasteiger partial charge in [-0.3, -0.25) is 4.98 Å². The monoisotopic (exact) mass is 236 g/mol. The maximum Gasteiger partial charge on any atom is 0.337 e. The molecule has 17 heavy (non-hydrogen) atoms. The minimum Gasteiger partial charge on any atom is -0.478 e. The van der Waals surface area contributed by atoms with Gasteiger partial charge in [0.05, 0.1) is 30.1 Å². The summed E-state index contributed by atoms with van der Waals surface area (Å²) in [5.74, 6) is -0.597. The van der Waals surface area contributed by atoms with Gasteiger partial charge < -0.3 is 15.1 Å². The maximum absolute atomic E-state index is 11.1. The van der Waals surface area contributed by atoms with Gasteiger partial charge in [-0.05, 0) is 18.4 Å². The topological polar surface area (TPSA) is 73.7 Å². The molecule has 92 valence electrons. The lowest BCUT2D eigenvalue weighted by molar-refractivity contribution is 0.0697. The molecule has 2 heterocycles. The van der Waals surface area contributed by atoms with Crippen LogP contribution in [0.1, 0.15) is 23.7 Å². The van der Waals surface area contributed by atoms with Crippen molar-refractivity contribution in [3.8, 4) is 0 Å². The normalized spacial score (nSPS) is 24.0. The van der Waals surface area contributed by atoms with Gasteiger partial charge in [-0.2, -0.15) is 0 Å². The van der Waals surface area contributed by atoms with Gasteiger partial charge in [0, 0.05) is 12.7 Å². The molecule has 0 aromatic carbocycles. The fourth-order valence-corrected chi connectivity index (χ4v) is 2.38. The zero-order chi connectivity index (χ0) is 12.4. The second-order valence-electron chi connectivity index (χ2n) is 4.41. The standard InChI is InChI=1S/C12H16N2O3/c1-8-3-5-14(11(8)7-15)10-6-13-4-2-9(10)12(16)17/h2,4,6,8,11,15H,3,5,7H2,1H3,(H,16,17). The maximum atomic E-state index is 11.1. The summed E-state index contributed by atoms with van der Waals surface area (Å²) in [6.45, 7) is 2.87. The number of nitrogens with zero attached hydrogens (tertiary/aromatic N) is 2. The Labute approximate surface area is 99.7 Å². The molecule has 1 aliphatic heterocycles. The molecule has 0 saturated carbocycles. The quantitative estimate of drug-likeness (QED) is 0.818. The highest BCUT2D eigenvalue weighted by atomic mass is 16.4. The van der Waals surface area contributed by atoms with E-state index < -0.39 is 5.97 Å². The third kappa shape index (κ3) is 2.10. The first-order valence-corrected chi connectivity index (χ1v) is 5.70. The first-order chi connectivity index (χ1) is 8.15. The van der Waals surface area contributed by atoms with Crippen LogP contribution in [0, 0.1) is 5.92 Å². The molecule has 0 aliphatic carbocycles. The summed E-state index contributed by atoms with van der Waals surface area (Å²) >= 11 is 0. The van der Waals surface area contributed by atoms with Crippen molar-refractivity contribution in [1.29, 1.82) is 0 Å². The average molecular weight is 236 g/mol. The van der Waals surface area contributed by atoms with Crippen molar-refractivity contribution in [1.82, 2.24) is 4.98 Å². The smallest absolute Gasteiger partial charge is 0.337 e. The number of aliphatic hydroxyl groups is 1. The molecule has 0 bridgehead atoms. The Morgan fingerprint density at radius 3 is 3.06 bits per heavy atom. The summed E-state index contributed by atoms with van der Waals surface area (Å²) in [6, 6.07) is 1.48. The number of rotatable bonds is 3. The van der Waals surface area contributed by atoms with Crippen molar-refractivity contribution in [2.45, 2.75) is 19.4 Å². The SMILES string of the molecule is CC1CCN(c2cnccc2C(=O)O)C1CO. The van der Waals surface area contributed by atoms with Crippen LogP contribution in [0.15, 0.2) is 18.5 Å². The van der Waals surface area contributed by atoms with Crippen LogP contribution in [0.2, 0.25) is 0 Å². The molecule has 0 radical (unpaired) electrons. The zero-order valence-electron chi connectivity index (χ0n) is 9.71. The molecule has 1 saturated heterocycles. The molecule has 5 nitrogen and oxygen atoms in total. The summed E-state index contributed by atoms with van der Waals surface area (Å²) in [4.78, 5) is 17.1. The second kappa shape index (κ2) is 4.71. The predicted molar refractivity (Wildman–Crippen MR) is 63.2 cm³/mol. The summed E-state index contributed by atoms with van der Waals surface area (Å²) in [7, 11) is 0. The second-order valence-corrected chi connectivity index (χ2v) is 4.41. The van der Waals surface area contributed by atoms with Crippen LogP contribution in [0.4, 0.5) is 5.69 Å². The number of hydrogen-bond acceptors (Lipinski definition) is 4. The Balaban J connectivity index is 2.37. The Morgan fingerprint density at radius 2 is 2.41 bits per heavy atom. The van der Waals surface area contributed by atoms with Gasteiger partial charge in [-0.25, -0.2) is 4.79 Å². The minimum absolute atomic E-state index is 0.0164. The first kappa shape index (κ1) is 11.9. The Morgan fingerprint density at radius 1 is 1.65 bits per heavy atom. The minimum atomic E-state index is -0.960. The number of aromatic nitrogens is 1. The van der Waals surface area contributed by atoms with Crippen molar-refractivity contribution < 1.29 is 15.0 Å². The number of pyridine rings is 1. The number of aromatic carboxylic acids is 1. The lowest BCUT2D eigenvalue weighted by Crippen LogP contribution is -2.36. The molecule has 2 unspecified atom stereocenters. The van der Waals surface area contributed by atoms with Crippen LogP contribution in [-0.4, -0.2) is 40.4 Å². The van der Waals surface area contributed by atoms with Crippen LogP contribution in [0.25, 0.3) is 0 Å². The van der Waals surface area contributed by atoms with E-state index >= 15 is 0 Å². The van der Waals surface area contributed by atoms with Crippen LogP contribution in [0.5, 0.6) is 0 Å². The van der Waals surface area contributed by atoms with Crippen LogP contribution in [-0.2, 0) is 0 Å². The highest BCUT2D eigenvalue weighted by molar-refractivity contribution is 5.94. The van der Waals surface area contributed by atoms with Gasteiger partial charge in [0.2, 0.25) is 0 Å². The number of anilines is 1. The van der Waals surface area contributed by atoms with Crippen molar-refractivity contribution >= 4 is 11.7 Å². The van der Waals surface area contributed by atoms with Crippen molar-refractivity contribution in [3.05, 3.63) is 24.0 Å². The number of carboxylic acid groups (broad SMARTS) is 1. The van der Waals surface area contributed by atoms with Crippen molar-refractivity contribution in [2.75, 3.05) is 18.1 Å². The summed E-state index contributed by atoms with van der Waals surface area (Å²) < 4.78 is 0. The number of carbonyl (C=O) groups is 1. The zero-order valence-corrected chi connectivity index (χ0v) is 9.71. The lowest BCUT2D eigenvalue weighted by atomic mass is 10.0. The fourth-order valence-electron chi connectivity index (χ4n) is 2.38. The first-order valence-electron chi connectivity index (χ1n) is 5.70. The van der Waals surface area contributed by atoms with E-state index in [0.29, 0.717) is 11.6 Å². The van der Waals surface area contributed by atoms with Gasteiger partial charge in [0.15, 0.2) is 0 Å². The van der Waals surface area contributed by atoms with Gasteiger partial charge in [-0.1, -0.05) is 6.92 Å². The summed E-state index contributed by atoms with van der Waals surface area (Å²) in [5, 5.41) is 18.5. The number of carboxylic acids is 1. The molecule has 2 rings (SSSR count). The van der Waals surface area contributed by atoms with Gasteiger partial charge >= 0.3 is 5.97 Å². The van der Waals surface area contributed by atoms with Gasteiger partial charge in [0.25, 0.3) is 0 Å². The van der Waals surface area contributed by atoms with Crippen molar-refractivity contribution in [2.24, 2.45) is 5.92 Å². The summed E-state index contributed by atoms with van der Waals surface area (Å²) in [6.07, 6.45) is 3.99. The molecule has 1 aromatic heterocycles. The molecule has 1 aliphatic rings. The van der Waals surface area contributed by atoms with E-state index in [4.69, 9.17) is 5.11 Å². The fraction of sp³-hybridized carbons (Fsp3) is 0.500. The Kier molecular flexibility index (Phi) is 3.28. The van der Waals surface area contributed by atoms with Crippen molar-refractivity contribution in [3.63, 3.8) is 0 Å². The van der Waals surface area contributed by atoms with Gasteiger partial charge in [0.1, 0.15) is 0 Å². The third-order valence-corrected chi connectivity index (χ3v) is 3.41. The highest BCUT2D eigenvalue weighted by Crippen LogP contribution is 2.31. The number of aliphatic hydroxyl groups excluding tert-OH is 1. The van der Waals surface area contributed by atoms with E-state index in [2.05, 4.69) is 11.9 Å². The van der Waals surface area contributed by atoms with Crippen LogP contribution >= 0.6 is 0 Å². The Bertz CT molecular complexity index is 422. The van der Waals surface area contributed by atoms with E-state index in [0.717, 1.165) is 13.0 Å². The van der Waals surface area contributed by atoms with E-state index in [1.54, 1.807) is 6.20 Å². The van der Waals surface area contributed by atoms with Gasteiger partial charge in [-0.15, -0.1) is 0 Å². The Hall–Kier alpha value is -1.62. The third-order valence-electron chi connectivity index (χ3n) is 3.41. The predicted octanol–water partition coefficient (Wildman–Crippen LogP) is 0.987. The molecule has 1 aromatic rings. The van der Waals surface area contributed by atoms with E-state index in [9.17, 15) is 9.90 Å². The molecule has 1 fully saturated rings. The van der Waals surface area contributed by atoms with Crippen LogP contribution < -0.4 is 4.90 Å². The van der Waals surface area contributed by atoms with Crippen LogP contribution in [0.3, 0.4) is 0 Å². The molecule has 0 amide bonds. The highest BCUT2D eigenvalue weighted by Gasteiger charge is 2.32. The molecular weight excluding hydrogens is 220 g/mol. The lowest BCUT2D eigenvalue weighted by Gasteiger charge is -2.28. The number of hydrogen-bond donors (Lipinski definition) is 2. The van der Waals surface area contributed by atoms with E-state index in [1.165, 1.54) is 12.3 Å². The molecule has 2 atom stereocenters. The molecule has 2 N–H and O–H groups in total. The summed E-state index contributed by atoms with van der Waals surface area (Å²) in [5.41, 5.74) is 0.843.